The number of hydrogen-bond donors (Lipinski definition) is 1. The summed E-state index contributed by atoms with van der Waals surface area (Å²) in [6.45, 7) is 6.31. The molecule has 0 atom stereocenters. The highest BCUT2D eigenvalue weighted by atomic mass is 16.2. The summed E-state index contributed by atoms with van der Waals surface area (Å²) < 4.78 is 0. The van der Waals surface area contributed by atoms with Crippen LogP contribution < -0.4 is 5.32 Å². The number of rotatable bonds is 4. The van der Waals surface area contributed by atoms with Gasteiger partial charge in [0.1, 0.15) is 0 Å². The molecule has 2 heteroatoms. The third kappa shape index (κ3) is 2.26. The van der Waals surface area contributed by atoms with E-state index in [4.69, 9.17) is 0 Å². The Morgan fingerprint density at radius 2 is 2.00 bits per heavy atom. The highest BCUT2D eigenvalue weighted by Crippen LogP contribution is 2.43. The van der Waals surface area contributed by atoms with Crippen molar-refractivity contribution in [1.82, 2.24) is 5.32 Å². The minimum absolute atomic E-state index is 0.151. The Labute approximate surface area is 103 Å². The maximum Gasteiger partial charge on any atom is 0.230 e. The Morgan fingerprint density at radius 1 is 1.35 bits per heavy atom. The normalized spacial score (nSPS) is 17.0. The molecule has 1 aliphatic rings. The van der Waals surface area contributed by atoms with Crippen LogP contribution in [-0.2, 0) is 10.2 Å². The highest BCUT2D eigenvalue weighted by molar-refractivity contribution is 5.89. The average Bonchev–Trinajstić information content (AvgIpc) is 2.26. The lowest BCUT2D eigenvalue weighted by Gasteiger charge is -2.40. The monoisotopic (exact) mass is 229 g/mol. The Kier molecular flexibility index (Phi) is 3.32. The van der Waals surface area contributed by atoms with Crippen LogP contribution in [0.1, 0.15) is 31.7 Å². The number of benzene rings is 1. The SMILES string of the molecule is C=C(C)CNC(=O)C1(c2ccccc2)CCC1. The molecule has 1 N–H and O–H groups in total. The van der Waals surface area contributed by atoms with Crippen LogP contribution in [0.5, 0.6) is 0 Å². The van der Waals surface area contributed by atoms with Gasteiger partial charge >= 0.3 is 0 Å². The first-order chi connectivity index (χ1) is 8.15. The largest absolute Gasteiger partial charge is 0.352 e. The first-order valence-corrected chi connectivity index (χ1v) is 6.13. The van der Waals surface area contributed by atoms with Crippen LogP contribution in [0.2, 0.25) is 0 Å². The number of carbonyl (C=O) groups is 1. The molecule has 0 spiro atoms. The zero-order valence-electron chi connectivity index (χ0n) is 10.3. The van der Waals surface area contributed by atoms with E-state index in [1.54, 1.807) is 0 Å². The number of carbonyl (C=O) groups excluding carboxylic acids is 1. The van der Waals surface area contributed by atoms with E-state index in [-0.39, 0.29) is 11.3 Å². The molecule has 1 saturated carbocycles. The van der Waals surface area contributed by atoms with Crippen LogP contribution in [0.15, 0.2) is 42.5 Å². The third-order valence-corrected chi connectivity index (χ3v) is 3.52. The molecule has 1 aromatic carbocycles. The summed E-state index contributed by atoms with van der Waals surface area (Å²) in [6, 6.07) is 10.1. The smallest absolute Gasteiger partial charge is 0.230 e. The Balaban J connectivity index is 2.15. The second-order valence-corrected chi connectivity index (χ2v) is 4.94. The summed E-state index contributed by atoms with van der Waals surface area (Å²) in [5.41, 5.74) is 1.85. The van der Waals surface area contributed by atoms with Crippen LogP contribution in [-0.4, -0.2) is 12.5 Å². The Morgan fingerprint density at radius 3 is 2.47 bits per heavy atom. The van der Waals surface area contributed by atoms with Crippen molar-refractivity contribution in [2.75, 3.05) is 6.54 Å². The first kappa shape index (κ1) is 11.9. The molecule has 17 heavy (non-hydrogen) atoms. The van der Waals surface area contributed by atoms with Gasteiger partial charge in [0.2, 0.25) is 5.91 Å². The quantitative estimate of drug-likeness (QED) is 0.790. The van der Waals surface area contributed by atoms with Gasteiger partial charge < -0.3 is 5.32 Å². The fraction of sp³-hybridized carbons (Fsp3) is 0.400. The van der Waals surface area contributed by atoms with Crippen molar-refractivity contribution < 1.29 is 4.79 Å². The summed E-state index contributed by atoms with van der Waals surface area (Å²) in [5.74, 6) is 0.151. The average molecular weight is 229 g/mol. The molecule has 1 aliphatic carbocycles. The fourth-order valence-corrected chi connectivity index (χ4v) is 2.33. The van der Waals surface area contributed by atoms with Crippen LogP contribution >= 0.6 is 0 Å². The van der Waals surface area contributed by atoms with E-state index >= 15 is 0 Å². The van der Waals surface area contributed by atoms with Gasteiger partial charge in [0.25, 0.3) is 0 Å². The molecule has 0 unspecified atom stereocenters. The molecule has 0 aromatic heterocycles. The van der Waals surface area contributed by atoms with Crippen molar-refractivity contribution in [2.45, 2.75) is 31.6 Å². The standard InChI is InChI=1S/C15H19NO/c1-12(2)11-16-14(17)15(9-6-10-15)13-7-4-3-5-8-13/h3-5,7-8H,1,6,9-11H2,2H3,(H,16,17). The maximum atomic E-state index is 12.3. The van der Waals surface area contributed by atoms with Crippen molar-refractivity contribution in [3.8, 4) is 0 Å². The summed E-state index contributed by atoms with van der Waals surface area (Å²) in [7, 11) is 0. The van der Waals surface area contributed by atoms with Gasteiger partial charge in [0, 0.05) is 6.54 Å². The minimum Gasteiger partial charge on any atom is -0.352 e. The predicted molar refractivity (Wildman–Crippen MR) is 69.8 cm³/mol. The summed E-state index contributed by atoms with van der Waals surface area (Å²) in [5, 5.41) is 2.98. The number of amides is 1. The zero-order valence-corrected chi connectivity index (χ0v) is 10.3. The molecular formula is C15H19NO. The maximum absolute atomic E-state index is 12.3. The van der Waals surface area contributed by atoms with Gasteiger partial charge in [-0.15, -0.1) is 0 Å². The summed E-state index contributed by atoms with van der Waals surface area (Å²) >= 11 is 0. The second-order valence-electron chi connectivity index (χ2n) is 4.94. The fourth-order valence-electron chi connectivity index (χ4n) is 2.33. The molecular weight excluding hydrogens is 210 g/mol. The molecule has 90 valence electrons. The Bertz CT molecular complexity index is 418. The van der Waals surface area contributed by atoms with E-state index in [0.29, 0.717) is 6.54 Å². The lowest BCUT2D eigenvalue weighted by atomic mass is 9.64. The lowest BCUT2D eigenvalue weighted by molar-refractivity contribution is -0.129. The molecule has 2 rings (SSSR count). The van der Waals surface area contributed by atoms with Crippen molar-refractivity contribution in [2.24, 2.45) is 0 Å². The molecule has 1 amide bonds. The first-order valence-electron chi connectivity index (χ1n) is 6.13. The molecule has 0 saturated heterocycles. The van der Waals surface area contributed by atoms with Gasteiger partial charge in [0.15, 0.2) is 0 Å². The molecule has 1 fully saturated rings. The molecule has 0 radical (unpaired) electrons. The van der Waals surface area contributed by atoms with Crippen molar-refractivity contribution >= 4 is 5.91 Å². The Hall–Kier alpha value is -1.57. The minimum atomic E-state index is -0.281. The van der Waals surface area contributed by atoms with E-state index in [0.717, 1.165) is 30.4 Å². The van der Waals surface area contributed by atoms with E-state index < -0.39 is 0 Å². The topological polar surface area (TPSA) is 29.1 Å². The van der Waals surface area contributed by atoms with Gasteiger partial charge in [-0.3, -0.25) is 4.79 Å². The lowest BCUT2D eigenvalue weighted by Crippen LogP contribution is -2.49. The summed E-state index contributed by atoms with van der Waals surface area (Å²) in [6.07, 6.45) is 3.05. The van der Waals surface area contributed by atoms with Gasteiger partial charge in [0.05, 0.1) is 5.41 Å². The van der Waals surface area contributed by atoms with Crippen LogP contribution in [0, 0.1) is 0 Å². The molecule has 0 bridgehead atoms. The zero-order chi connectivity index (χ0) is 12.3. The van der Waals surface area contributed by atoms with E-state index in [1.807, 2.05) is 25.1 Å². The second kappa shape index (κ2) is 4.74. The van der Waals surface area contributed by atoms with E-state index in [2.05, 4.69) is 24.0 Å². The number of hydrogen-bond acceptors (Lipinski definition) is 1. The number of nitrogens with one attached hydrogen (secondary N) is 1. The van der Waals surface area contributed by atoms with Gasteiger partial charge in [-0.2, -0.15) is 0 Å². The van der Waals surface area contributed by atoms with Gasteiger partial charge in [-0.25, -0.2) is 0 Å². The van der Waals surface area contributed by atoms with Crippen molar-refractivity contribution in [1.29, 1.82) is 0 Å². The van der Waals surface area contributed by atoms with Gasteiger partial charge in [-0.05, 0) is 25.3 Å². The predicted octanol–water partition coefficient (Wildman–Crippen LogP) is 2.80. The molecule has 0 aliphatic heterocycles. The van der Waals surface area contributed by atoms with Gasteiger partial charge in [-0.1, -0.05) is 48.9 Å². The van der Waals surface area contributed by atoms with Crippen LogP contribution in [0.25, 0.3) is 0 Å². The van der Waals surface area contributed by atoms with E-state index in [9.17, 15) is 4.79 Å². The van der Waals surface area contributed by atoms with E-state index in [1.165, 1.54) is 0 Å². The molecule has 0 heterocycles. The summed E-state index contributed by atoms with van der Waals surface area (Å²) in [4.78, 5) is 12.3. The third-order valence-electron chi connectivity index (χ3n) is 3.52. The van der Waals surface area contributed by atoms with Crippen LogP contribution in [0.3, 0.4) is 0 Å². The van der Waals surface area contributed by atoms with Crippen molar-refractivity contribution in [3.05, 3.63) is 48.0 Å². The van der Waals surface area contributed by atoms with Crippen molar-refractivity contribution in [3.63, 3.8) is 0 Å². The van der Waals surface area contributed by atoms with Crippen LogP contribution in [0.4, 0.5) is 0 Å². The molecule has 1 aromatic rings. The molecule has 2 nitrogen and oxygen atoms in total. The highest BCUT2D eigenvalue weighted by Gasteiger charge is 2.45.